The van der Waals surface area contributed by atoms with Crippen molar-refractivity contribution < 1.29 is 4.74 Å². The molecule has 0 radical (unpaired) electrons. The first-order chi connectivity index (χ1) is 6.11. The van der Waals surface area contributed by atoms with Crippen LogP contribution in [0.5, 0.6) is 5.88 Å². The van der Waals surface area contributed by atoms with Gasteiger partial charge in [-0.25, -0.2) is 0 Å². The molecule has 0 saturated heterocycles. The predicted molar refractivity (Wildman–Crippen MR) is 49.8 cm³/mol. The molecule has 0 aromatic carbocycles. The van der Waals surface area contributed by atoms with Crippen LogP contribution in [0.3, 0.4) is 0 Å². The van der Waals surface area contributed by atoms with Gasteiger partial charge < -0.3 is 16.2 Å². The second-order valence-electron chi connectivity index (χ2n) is 2.42. The Morgan fingerprint density at radius 1 is 1.54 bits per heavy atom. The summed E-state index contributed by atoms with van der Waals surface area (Å²) in [6.07, 6.45) is 4.75. The fourth-order valence-electron chi connectivity index (χ4n) is 0.737. The average Bonchev–Trinajstić information content (AvgIpc) is 2.02. The second-order valence-corrected chi connectivity index (χ2v) is 2.42. The first-order valence-electron chi connectivity index (χ1n) is 3.64. The first-order valence-corrected chi connectivity index (χ1v) is 3.64. The lowest BCUT2D eigenvalue weighted by atomic mass is 10.4. The smallest absolute Gasteiger partial charge is 0.225 e. The SMILES string of the molecule is C#CC(C)Oc1cc(N)nc(N)n1. The van der Waals surface area contributed by atoms with Crippen molar-refractivity contribution in [3.05, 3.63) is 6.07 Å². The summed E-state index contributed by atoms with van der Waals surface area (Å²) >= 11 is 0. The normalized spacial score (nSPS) is 11.7. The number of aromatic nitrogens is 2. The van der Waals surface area contributed by atoms with E-state index in [9.17, 15) is 0 Å². The van der Waals surface area contributed by atoms with E-state index in [0.29, 0.717) is 0 Å². The molecule has 5 nitrogen and oxygen atoms in total. The molecule has 1 heterocycles. The number of hydrogen-bond donors (Lipinski definition) is 2. The van der Waals surface area contributed by atoms with Crippen LogP contribution in [0, 0.1) is 12.3 Å². The highest BCUT2D eigenvalue weighted by Crippen LogP contribution is 2.12. The third-order valence-corrected chi connectivity index (χ3v) is 1.27. The van der Waals surface area contributed by atoms with Gasteiger partial charge in [-0.1, -0.05) is 5.92 Å². The molecule has 1 aromatic rings. The zero-order valence-corrected chi connectivity index (χ0v) is 7.19. The molecule has 4 N–H and O–H groups in total. The van der Waals surface area contributed by atoms with Crippen LogP contribution in [0.1, 0.15) is 6.92 Å². The maximum atomic E-state index is 5.41. The molecule has 0 aliphatic carbocycles. The van der Waals surface area contributed by atoms with E-state index in [1.165, 1.54) is 6.07 Å². The lowest BCUT2D eigenvalue weighted by Gasteiger charge is -2.07. The van der Waals surface area contributed by atoms with Gasteiger partial charge in [0, 0.05) is 6.07 Å². The summed E-state index contributed by atoms with van der Waals surface area (Å²) < 4.78 is 5.18. The Bertz CT molecular complexity index is 324. The number of nitrogens with zero attached hydrogens (tertiary/aromatic N) is 2. The van der Waals surface area contributed by atoms with Crippen molar-refractivity contribution in [2.24, 2.45) is 0 Å². The van der Waals surface area contributed by atoms with Crippen LogP contribution in [0.25, 0.3) is 0 Å². The first kappa shape index (κ1) is 9.13. The Morgan fingerprint density at radius 3 is 2.77 bits per heavy atom. The maximum Gasteiger partial charge on any atom is 0.225 e. The number of rotatable bonds is 2. The van der Waals surface area contributed by atoms with Gasteiger partial charge in [0.15, 0.2) is 6.10 Å². The van der Waals surface area contributed by atoms with Crippen molar-refractivity contribution in [1.82, 2.24) is 9.97 Å². The molecule has 0 aliphatic rings. The van der Waals surface area contributed by atoms with Gasteiger partial charge in [0.2, 0.25) is 11.8 Å². The van der Waals surface area contributed by atoms with E-state index in [0.717, 1.165) is 0 Å². The molecule has 0 fully saturated rings. The summed E-state index contributed by atoms with van der Waals surface area (Å²) in [5.74, 6) is 3.00. The van der Waals surface area contributed by atoms with Crippen LogP contribution in [0.2, 0.25) is 0 Å². The number of nitrogens with two attached hydrogens (primary N) is 2. The van der Waals surface area contributed by atoms with Crippen molar-refractivity contribution in [2.45, 2.75) is 13.0 Å². The summed E-state index contributed by atoms with van der Waals surface area (Å²) in [5.41, 5.74) is 10.8. The minimum Gasteiger partial charge on any atom is -0.461 e. The van der Waals surface area contributed by atoms with Gasteiger partial charge in [-0.15, -0.1) is 6.42 Å². The molecule has 0 aliphatic heterocycles. The quantitative estimate of drug-likeness (QED) is 0.624. The number of hydrogen-bond acceptors (Lipinski definition) is 5. The van der Waals surface area contributed by atoms with E-state index < -0.39 is 0 Å². The molecule has 0 saturated carbocycles. The van der Waals surface area contributed by atoms with Gasteiger partial charge in [-0.2, -0.15) is 9.97 Å². The van der Waals surface area contributed by atoms with Crippen molar-refractivity contribution >= 4 is 11.8 Å². The summed E-state index contributed by atoms with van der Waals surface area (Å²) in [4.78, 5) is 7.47. The molecule has 0 amide bonds. The summed E-state index contributed by atoms with van der Waals surface area (Å²) in [7, 11) is 0. The fourth-order valence-corrected chi connectivity index (χ4v) is 0.737. The lowest BCUT2D eigenvalue weighted by Crippen LogP contribution is -2.11. The van der Waals surface area contributed by atoms with Crippen molar-refractivity contribution in [3.63, 3.8) is 0 Å². The molecule has 0 bridgehead atoms. The fraction of sp³-hybridized carbons (Fsp3) is 0.250. The van der Waals surface area contributed by atoms with Gasteiger partial charge in [0.1, 0.15) is 5.82 Å². The van der Waals surface area contributed by atoms with E-state index in [-0.39, 0.29) is 23.8 Å². The van der Waals surface area contributed by atoms with Crippen molar-refractivity contribution in [3.8, 4) is 18.2 Å². The minimum atomic E-state index is -0.367. The van der Waals surface area contributed by atoms with Gasteiger partial charge in [0.25, 0.3) is 0 Å². The molecule has 13 heavy (non-hydrogen) atoms. The largest absolute Gasteiger partial charge is 0.461 e. The number of anilines is 2. The van der Waals surface area contributed by atoms with Crippen LogP contribution in [-0.2, 0) is 0 Å². The molecule has 68 valence electrons. The molecule has 1 atom stereocenters. The van der Waals surface area contributed by atoms with Gasteiger partial charge in [0.05, 0.1) is 0 Å². The Kier molecular flexibility index (Phi) is 2.55. The Labute approximate surface area is 76.1 Å². The number of ether oxygens (including phenoxy) is 1. The molecule has 0 spiro atoms. The van der Waals surface area contributed by atoms with Crippen LogP contribution in [0.4, 0.5) is 11.8 Å². The van der Waals surface area contributed by atoms with Crippen LogP contribution in [-0.4, -0.2) is 16.1 Å². The zero-order chi connectivity index (χ0) is 9.84. The van der Waals surface area contributed by atoms with E-state index in [1.54, 1.807) is 6.92 Å². The van der Waals surface area contributed by atoms with Crippen LogP contribution < -0.4 is 16.2 Å². The van der Waals surface area contributed by atoms with Gasteiger partial charge in [-0.3, -0.25) is 0 Å². The van der Waals surface area contributed by atoms with Gasteiger partial charge in [-0.05, 0) is 6.92 Å². The number of nitrogen functional groups attached to an aromatic ring is 2. The molecule has 1 rings (SSSR count). The summed E-state index contributed by atoms with van der Waals surface area (Å²) in [5, 5.41) is 0. The van der Waals surface area contributed by atoms with E-state index >= 15 is 0 Å². The Balaban J connectivity index is 2.84. The van der Waals surface area contributed by atoms with Crippen molar-refractivity contribution in [1.29, 1.82) is 0 Å². The van der Waals surface area contributed by atoms with Crippen LogP contribution in [0.15, 0.2) is 6.07 Å². The third-order valence-electron chi connectivity index (χ3n) is 1.27. The third kappa shape index (κ3) is 2.52. The Hall–Kier alpha value is -1.96. The topological polar surface area (TPSA) is 87.0 Å². The molecule has 1 aromatic heterocycles. The van der Waals surface area contributed by atoms with E-state index in [4.69, 9.17) is 22.6 Å². The summed E-state index contributed by atoms with van der Waals surface area (Å²) in [6, 6.07) is 1.46. The lowest BCUT2D eigenvalue weighted by molar-refractivity contribution is 0.268. The van der Waals surface area contributed by atoms with Crippen LogP contribution >= 0.6 is 0 Å². The summed E-state index contributed by atoms with van der Waals surface area (Å²) in [6.45, 7) is 1.72. The molecule has 1 unspecified atom stereocenters. The zero-order valence-electron chi connectivity index (χ0n) is 7.19. The number of terminal acetylenes is 1. The molecular weight excluding hydrogens is 168 g/mol. The minimum absolute atomic E-state index is 0.0687. The predicted octanol–water partition coefficient (Wildman–Crippen LogP) is 0.0415. The monoisotopic (exact) mass is 178 g/mol. The molecular formula is C8H10N4O. The maximum absolute atomic E-state index is 5.41. The van der Waals surface area contributed by atoms with Gasteiger partial charge >= 0.3 is 0 Å². The van der Waals surface area contributed by atoms with E-state index in [2.05, 4.69) is 15.9 Å². The average molecular weight is 178 g/mol. The highest BCUT2D eigenvalue weighted by Gasteiger charge is 2.03. The standard InChI is InChI=1S/C8H10N4O/c1-3-5(2)13-7-4-6(9)11-8(10)12-7/h1,4-5H,2H3,(H4,9,10,11,12). The highest BCUT2D eigenvalue weighted by molar-refractivity contribution is 5.38. The Morgan fingerprint density at radius 2 is 2.23 bits per heavy atom. The highest BCUT2D eigenvalue weighted by atomic mass is 16.5. The molecule has 5 heteroatoms. The van der Waals surface area contributed by atoms with E-state index in [1.807, 2.05) is 0 Å². The second kappa shape index (κ2) is 3.63. The van der Waals surface area contributed by atoms with Crippen molar-refractivity contribution in [2.75, 3.05) is 11.5 Å².